The maximum atomic E-state index is 14.3. The van der Waals surface area contributed by atoms with Gasteiger partial charge in [0.05, 0.1) is 5.39 Å². The number of hydrogen-bond donors (Lipinski definition) is 1. The third-order valence-corrected chi connectivity index (χ3v) is 4.40. The summed E-state index contributed by atoms with van der Waals surface area (Å²) in [7, 11) is 0. The Bertz CT molecular complexity index is 1120. The van der Waals surface area contributed by atoms with Gasteiger partial charge in [-0.1, -0.05) is 30.3 Å². The fraction of sp³-hybridized carbons (Fsp3) is 0.190. The molecule has 0 aliphatic carbocycles. The van der Waals surface area contributed by atoms with Gasteiger partial charge in [-0.2, -0.15) is 5.10 Å². The van der Waals surface area contributed by atoms with Crippen LogP contribution < -0.4 is 10.5 Å². The van der Waals surface area contributed by atoms with E-state index in [-0.39, 0.29) is 6.04 Å². The molecule has 4 aromatic rings. The van der Waals surface area contributed by atoms with Crippen molar-refractivity contribution in [1.82, 2.24) is 19.7 Å². The minimum atomic E-state index is -0.414. The minimum Gasteiger partial charge on any atom is -0.489 e. The SMILES string of the molecule is CC(C)n1nc(-c2cc(F)cc(OCc3ccccc3)c2)c2c(N)ncnc21. The molecule has 0 fully saturated rings. The molecule has 0 amide bonds. The fourth-order valence-electron chi connectivity index (χ4n) is 3.08. The zero-order valence-corrected chi connectivity index (χ0v) is 15.6. The minimum absolute atomic E-state index is 0.0629. The number of fused-ring (bicyclic) bond motifs is 1. The number of halogens is 1. The number of nitrogens with two attached hydrogens (primary N) is 1. The van der Waals surface area contributed by atoms with Gasteiger partial charge in [-0.25, -0.2) is 19.0 Å². The average Bonchev–Trinajstić information content (AvgIpc) is 3.08. The van der Waals surface area contributed by atoms with Crippen LogP contribution in [0.1, 0.15) is 25.5 Å². The number of ether oxygens (including phenoxy) is 1. The van der Waals surface area contributed by atoms with E-state index >= 15 is 0 Å². The Morgan fingerprint density at radius 1 is 1.11 bits per heavy atom. The zero-order valence-electron chi connectivity index (χ0n) is 15.6. The number of nitrogens with zero attached hydrogens (tertiary/aromatic N) is 4. The number of nitrogen functional groups attached to an aromatic ring is 1. The first-order valence-electron chi connectivity index (χ1n) is 8.99. The van der Waals surface area contributed by atoms with Crippen LogP contribution in [0.5, 0.6) is 5.75 Å². The molecule has 2 aromatic heterocycles. The molecule has 6 nitrogen and oxygen atoms in total. The van der Waals surface area contributed by atoms with E-state index in [0.29, 0.717) is 40.5 Å². The van der Waals surface area contributed by atoms with Crippen molar-refractivity contribution in [2.45, 2.75) is 26.5 Å². The standard InChI is InChI=1S/C21H20FN5O/c1-13(2)27-21-18(20(23)24-12-25-21)19(26-27)15-8-16(22)10-17(9-15)28-11-14-6-4-3-5-7-14/h3-10,12-13H,11H2,1-2H3,(H2,23,24,25). The van der Waals surface area contributed by atoms with Crippen molar-refractivity contribution in [2.75, 3.05) is 5.73 Å². The Balaban J connectivity index is 1.76. The highest BCUT2D eigenvalue weighted by molar-refractivity contribution is 5.98. The molecule has 0 saturated carbocycles. The molecule has 2 heterocycles. The molecule has 0 bridgehead atoms. The smallest absolute Gasteiger partial charge is 0.164 e. The molecule has 4 rings (SSSR count). The number of hydrogen-bond acceptors (Lipinski definition) is 5. The normalized spacial score (nSPS) is 11.3. The second-order valence-electron chi connectivity index (χ2n) is 6.79. The average molecular weight is 377 g/mol. The van der Waals surface area contributed by atoms with Crippen LogP contribution >= 0.6 is 0 Å². The largest absolute Gasteiger partial charge is 0.489 e. The van der Waals surface area contributed by atoms with Crippen LogP contribution in [0.3, 0.4) is 0 Å². The van der Waals surface area contributed by atoms with Crippen molar-refractivity contribution < 1.29 is 9.13 Å². The number of rotatable bonds is 5. The lowest BCUT2D eigenvalue weighted by Gasteiger charge is -2.08. The van der Waals surface area contributed by atoms with Crippen LogP contribution in [0.15, 0.2) is 54.9 Å². The van der Waals surface area contributed by atoms with Crippen LogP contribution in [-0.2, 0) is 6.61 Å². The van der Waals surface area contributed by atoms with Crippen LogP contribution in [0, 0.1) is 5.82 Å². The van der Waals surface area contributed by atoms with E-state index in [4.69, 9.17) is 10.5 Å². The zero-order chi connectivity index (χ0) is 19.7. The summed E-state index contributed by atoms with van der Waals surface area (Å²) in [5, 5.41) is 5.24. The Labute approximate surface area is 161 Å². The molecule has 0 saturated heterocycles. The summed E-state index contributed by atoms with van der Waals surface area (Å²) in [6.45, 7) is 4.33. The summed E-state index contributed by atoms with van der Waals surface area (Å²) in [4.78, 5) is 8.39. The third-order valence-electron chi connectivity index (χ3n) is 4.40. The summed E-state index contributed by atoms with van der Waals surface area (Å²) in [6, 6.07) is 14.3. The lowest BCUT2D eigenvalue weighted by molar-refractivity contribution is 0.305. The molecule has 28 heavy (non-hydrogen) atoms. The molecule has 2 aromatic carbocycles. The Hall–Kier alpha value is -3.48. The quantitative estimate of drug-likeness (QED) is 0.558. The van der Waals surface area contributed by atoms with Gasteiger partial charge in [-0.15, -0.1) is 0 Å². The molecule has 0 aliphatic heterocycles. The molecular weight excluding hydrogens is 357 g/mol. The van der Waals surface area contributed by atoms with E-state index in [1.807, 2.05) is 44.2 Å². The first-order chi connectivity index (χ1) is 13.5. The maximum Gasteiger partial charge on any atom is 0.164 e. The van der Waals surface area contributed by atoms with Crippen LogP contribution in [0.25, 0.3) is 22.3 Å². The van der Waals surface area contributed by atoms with E-state index in [0.717, 1.165) is 5.56 Å². The second kappa shape index (κ2) is 7.26. The van der Waals surface area contributed by atoms with Crippen molar-refractivity contribution in [2.24, 2.45) is 0 Å². The van der Waals surface area contributed by atoms with Gasteiger partial charge in [0, 0.05) is 17.7 Å². The van der Waals surface area contributed by atoms with E-state index < -0.39 is 5.82 Å². The van der Waals surface area contributed by atoms with E-state index in [1.54, 1.807) is 10.7 Å². The van der Waals surface area contributed by atoms with Crippen LogP contribution in [-0.4, -0.2) is 19.7 Å². The van der Waals surface area contributed by atoms with Gasteiger partial charge in [0.1, 0.15) is 36.0 Å². The molecule has 2 N–H and O–H groups in total. The molecule has 0 radical (unpaired) electrons. The van der Waals surface area contributed by atoms with Gasteiger partial charge in [0.2, 0.25) is 0 Å². The summed E-state index contributed by atoms with van der Waals surface area (Å²) < 4.78 is 21.9. The van der Waals surface area contributed by atoms with Gasteiger partial charge in [0.25, 0.3) is 0 Å². The lowest BCUT2D eigenvalue weighted by Crippen LogP contribution is -2.04. The predicted molar refractivity (Wildman–Crippen MR) is 106 cm³/mol. The number of benzene rings is 2. The fourth-order valence-corrected chi connectivity index (χ4v) is 3.08. The molecule has 142 valence electrons. The second-order valence-corrected chi connectivity index (χ2v) is 6.79. The van der Waals surface area contributed by atoms with Gasteiger partial charge < -0.3 is 10.5 Å². The van der Waals surface area contributed by atoms with E-state index in [1.165, 1.54) is 18.5 Å². The first-order valence-corrected chi connectivity index (χ1v) is 8.99. The third kappa shape index (κ3) is 3.38. The molecule has 0 aliphatic rings. The Morgan fingerprint density at radius 2 is 1.89 bits per heavy atom. The summed E-state index contributed by atoms with van der Waals surface area (Å²) in [6.07, 6.45) is 1.40. The molecule has 0 spiro atoms. The van der Waals surface area contributed by atoms with Crippen molar-refractivity contribution in [1.29, 1.82) is 0 Å². The van der Waals surface area contributed by atoms with Gasteiger partial charge in [-0.3, -0.25) is 0 Å². The van der Waals surface area contributed by atoms with Gasteiger partial charge >= 0.3 is 0 Å². The van der Waals surface area contributed by atoms with Gasteiger partial charge in [0.15, 0.2) is 5.65 Å². The monoisotopic (exact) mass is 377 g/mol. The summed E-state index contributed by atoms with van der Waals surface area (Å²) in [5.74, 6) is 0.313. The van der Waals surface area contributed by atoms with Crippen LogP contribution in [0.2, 0.25) is 0 Å². The van der Waals surface area contributed by atoms with Crippen molar-refractivity contribution in [3.63, 3.8) is 0 Å². The molecule has 0 atom stereocenters. The van der Waals surface area contributed by atoms with Gasteiger partial charge in [-0.05, 0) is 31.5 Å². The predicted octanol–water partition coefficient (Wildman–Crippen LogP) is 4.37. The summed E-state index contributed by atoms with van der Waals surface area (Å²) in [5.41, 5.74) is 8.81. The van der Waals surface area contributed by atoms with E-state index in [2.05, 4.69) is 15.1 Å². The lowest BCUT2D eigenvalue weighted by atomic mass is 10.1. The van der Waals surface area contributed by atoms with Crippen molar-refractivity contribution in [3.8, 4) is 17.0 Å². The summed E-state index contributed by atoms with van der Waals surface area (Å²) >= 11 is 0. The highest BCUT2D eigenvalue weighted by Gasteiger charge is 2.19. The van der Waals surface area contributed by atoms with E-state index in [9.17, 15) is 4.39 Å². The molecule has 7 heteroatoms. The number of aromatic nitrogens is 4. The number of anilines is 1. The highest BCUT2D eigenvalue weighted by atomic mass is 19.1. The molecular formula is C21H20FN5O. The maximum absolute atomic E-state index is 14.3. The first kappa shape index (κ1) is 17.9. The van der Waals surface area contributed by atoms with Crippen LogP contribution in [0.4, 0.5) is 10.2 Å². The van der Waals surface area contributed by atoms with Crippen molar-refractivity contribution in [3.05, 3.63) is 66.2 Å². The van der Waals surface area contributed by atoms with Crippen molar-refractivity contribution >= 4 is 16.9 Å². The molecule has 0 unspecified atom stereocenters. The Kier molecular flexibility index (Phi) is 4.65. The highest BCUT2D eigenvalue weighted by Crippen LogP contribution is 2.33. The topological polar surface area (TPSA) is 78.9 Å². The Morgan fingerprint density at radius 3 is 2.64 bits per heavy atom.